The number of carboxylic acid groups (broad SMARTS) is 2. The SMILES string of the molecule is NC(Cc1cnc(C(=O)CCC(N)C(=O)c2ncc(CC(N)C(=O)O)[nH]2)[nH]1)C(=O)O. The lowest BCUT2D eigenvalue weighted by atomic mass is 10.1. The molecule has 0 aliphatic carbocycles. The van der Waals surface area contributed by atoms with Crippen LogP contribution in [0, 0.1) is 0 Å². The van der Waals surface area contributed by atoms with Gasteiger partial charge in [0, 0.05) is 43.0 Å². The van der Waals surface area contributed by atoms with Gasteiger partial charge < -0.3 is 37.4 Å². The van der Waals surface area contributed by atoms with Gasteiger partial charge in [-0.25, -0.2) is 9.97 Å². The largest absolute Gasteiger partial charge is 0.480 e. The Morgan fingerprint density at radius 2 is 1.30 bits per heavy atom. The molecule has 0 saturated carbocycles. The Morgan fingerprint density at radius 3 is 1.80 bits per heavy atom. The molecule has 162 valence electrons. The molecule has 0 saturated heterocycles. The van der Waals surface area contributed by atoms with E-state index in [-0.39, 0.29) is 37.3 Å². The van der Waals surface area contributed by atoms with E-state index >= 15 is 0 Å². The average Bonchev–Trinajstić information content (AvgIpc) is 3.34. The second-order valence-electron chi connectivity index (χ2n) is 6.74. The Hall–Kier alpha value is -3.42. The van der Waals surface area contributed by atoms with Gasteiger partial charge in [-0.15, -0.1) is 0 Å². The fourth-order valence-corrected chi connectivity index (χ4v) is 2.55. The molecule has 2 rings (SSSR count). The van der Waals surface area contributed by atoms with Gasteiger partial charge in [0.15, 0.2) is 17.4 Å². The third-order valence-electron chi connectivity index (χ3n) is 4.29. The third kappa shape index (κ3) is 6.04. The van der Waals surface area contributed by atoms with Crippen molar-refractivity contribution in [2.75, 3.05) is 0 Å². The van der Waals surface area contributed by atoms with Gasteiger partial charge >= 0.3 is 11.9 Å². The number of carbonyl (C=O) groups is 4. The number of imidazole rings is 2. The number of carboxylic acids is 2. The summed E-state index contributed by atoms with van der Waals surface area (Å²) in [4.78, 5) is 59.3. The smallest absolute Gasteiger partial charge is 0.320 e. The highest BCUT2D eigenvalue weighted by Crippen LogP contribution is 2.09. The van der Waals surface area contributed by atoms with Gasteiger partial charge in [0.05, 0.1) is 6.04 Å². The van der Waals surface area contributed by atoms with Crippen LogP contribution in [0.5, 0.6) is 0 Å². The summed E-state index contributed by atoms with van der Waals surface area (Å²) in [6.45, 7) is 0. The van der Waals surface area contributed by atoms with Crippen LogP contribution in [0.2, 0.25) is 0 Å². The van der Waals surface area contributed by atoms with E-state index in [9.17, 15) is 19.2 Å². The zero-order valence-electron chi connectivity index (χ0n) is 15.9. The van der Waals surface area contributed by atoms with E-state index in [0.29, 0.717) is 11.4 Å². The van der Waals surface area contributed by atoms with Gasteiger partial charge in [-0.2, -0.15) is 0 Å². The number of carbonyl (C=O) groups excluding carboxylic acids is 2. The lowest BCUT2D eigenvalue weighted by molar-refractivity contribution is -0.139. The Balaban J connectivity index is 1.88. The average molecular weight is 421 g/mol. The summed E-state index contributed by atoms with van der Waals surface area (Å²) in [5.74, 6) is -3.33. The summed E-state index contributed by atoms with van der Waals surface area (Å²) in [5, 5.41) is 17.6. The number of aromatic amines is 2. The molecular formula is C17H23N7O6. The first-order chi connectivity index (χ1) is 14.1. The molecule has 0 radical (unpaired) electrons. The molecule has 0 aliphatic rings. The van der Waals surface area contributed by atoms with E-state index in [0.717, 1.165) is 0 Å². The van der Waals surface area contributed by atoms with Crippen molar-refractivity contribution in [2.24, 2.45) is 17.2 Å². The molecule has 13 heteroatoms. The monoisotopic (exact) mass is 421 g/mol. The first-order valence-electron chi connectivity index (χ1n) is 8.96. The summed E-state index contributed by atoms with van der Waals surface area (Å²) in [6.07, 6.45) is 2.53. The minimum absolute atomic E-state index is 0.0139. The van der Waals surface area contributed by atoms with Gasteiger partial charge in [-0.05, 0) is 6.42 Å². The fourth-order valence-electron chi connectivity index (χ4n) is 2.55. The van der Waals surface area contributed by atoms with Crippen LogP contribution in [0.1, 0.15) is 45.5 Å². The van der Waals surface area contributed by atoms with Crippen molar-refractivity contribution in [3.8, 4) is 0 Å². The molecule has 0 aromatic carbocycles. The number of H-pyrrole nitrogens is 2. The van der Waals surface area contributed by atoms with Crippen LogP contribution in [0.4, 0.5) is 0 Å². The standard InChI is InChI=1S/C17H23N7O6/c18-9(13(26)15-22-6-8(24-15)4-11(20)17(29)30)1-2-12(25)14-21-5-7(23-14)3-10(19)16(27)28/h5-6,9-11H,1-4,18-20H2,(H,21,23)(H,22,24)(H,27,28)(H,29,30). The molecule has 3 atom stereocenters. The van der Waals surface area contributed by atoms with E-state index in [1.54, 1.807) is 0 Å². The first kappa shape index (κ1) is 22.9. The normalized spacial score (nSPS) is 14.1. The summed E-state index contributed by atoms with van der Waals surface area (Å²) < 4.78 is 0. The Morgan fingerprint density at radius 1 is 0.833 bits per heavy atom. The van der Waals surface area contributed by atoms with Crippen LogP contribution in [0.25, 0.3) is 0 Å². The van der Waals surface area contributed by atoms with Crippen molar-refractivity contribution in [2.45, 2.75) is 43.8 Å². The predicted molar refractivity (Wildman–Crippen MR) is 102 cm³/mol. The van der Waals surface area contributed by atoms with Gasteiger partial charge in [0.25, 0.3) is 0 Å². The van der Waals surface area contributed by atoms with Gasteiger partial charge in [-0.1, -0.05) is 0 Å². The topological polar surface area (TPSA) is 244 Å². The maximum atomic E-state index is 12.3. The van der Waals surface area contributed by atoms with Crippen LogP contribution in [0.15, 0.2) is 12.4 Å². The number of nitrogens with one attached hydrogen (secondary N) is 2. The van der Waals surface area contributed by atoms with Gasteiger partial charge in [-0.3, -0.25) is 19.2 Å². The van der Waals surface area contributed by atoms with E-state index in [1.807, 2.05) is 0 Å². The first-order valence-corrected chi connectivity index (χ1v) is 8.96. The van der Waals surface area contributed by atoms with Crippen LogP contribution >= 0.6 is 0 Å². The van der Waals surface area contributed by atoms with E-state index < -0.39 is 41.6 Å². The van der Waals surface area contributed by atoms with E-state index in [1.165, 1.54) is 12.4 Å². The van der Waals surface area contributed by atoms with Crippen LogP contribution in [-0.4, -0.2) is 71.8 Å². The lowest BCUT2D eigenvalue weighted by Gasteiger charge is -2.08. The maximum absolute atomic E-state index is 12.3. The van der Waals surface area contributed by atoms with Crippen molar-refractivity contribution in [3.05, 3.63) is 35.4 Å². The second kappa shape index (κ2) is 9.87. The molecule has 10 N–H and O–H groups in total. The molecule has 30 heavy (non-hydrogen) atoms. The van der Waals surface area contributed by atoms with Crippen LogP contribution in [-0.2, 0) is 22.4 Å². The summed E-state index contributed by atoms with van der Waals surface area (Å²) in [7, 11) is 0. The quantitative estimate of drug-likeness (QED) is 0.189. The molecule has 2 heterocycles. The molecule has 0 amide bonds. The molecule has 3 unspecified atom stereocenters. The number of nitrogens with zero attached hydrogens (tertiary/aromatic N) is 2. The van der Waals surface area contributed by atoms with E-state index in [2.05, 4.69) is 19.9 Å². The number of hydrogen-bond donors (Lipinski definition) is 7. The molecular weight excluding hydrogens is 398 g/mol. The number of ketones is 2. The summed E-state index contributed by atoms with van der Waals surface area (Å²) in [5.41, 5.74) is 17.5. The van der Waals surface area contributed by atoms with Crippen molar-refractivity contribution in [3.63, 3.8) is 0 Å². The van der Waals surface area contributed by atoms with Crippen molar-refractivity contribution in [1.29, 1.82) is 0 Å². The Kier molecular flexibility index (Phi) is 7.52. The van der Waals surface area contributed by atoms with Crippen molar-refractivity contribution < 1.29 is 29.4 Å². The highest BCUT2D eigenvalue weighted by molar-refractivity contribution is 5.98. The lowest BCUT2D eigenvalue weighted by Crippen LogP contribution is -2.33. The molecule has 0 spiro atoms. The second-order valence-corrected chi connectivity index (χ2v) is 6.74. The van der Waals surface area contributed by atoms with Gasteiger partial charge in [0.2, 0.25) is 5.78 Å². The van der Waals surface area contributed by atoms with Crippen LogP contribution in [0.3, 0.4) is 0 Å². The minimum Gasteiger partial charge on any atom is -0.480 e. The number of Topliss-reactive ketones (excluding diaryl/α,β-unsaturated/α-hetero) is 2. The zero-order chi connectivity index (χ0) is 22.4. The Labute approximate surface area is 170 Å². The van der Waals surface area contributed by atoms with Crippen LogP contribution < -0.4 is 17.2 Å². The van der Waals surface area contributed by atoms with Crippen molar-refractivity contribution >= 4 is 23.5 Å². The zero-order valence-corrected chi connectivity index (χ0v) is 15.9. The summed E-state index contributed by atoms with van der Waals surface area (Å²) in [6, 6.07) is -3.28. The third-order valence-corrected chi connectivity index (χ3v) is 4.29. The molecule has 2 aromatic heterocycles. The van der Waals surface area contributed by atoms with Crippen molar-refractivity contribution in [1.82, 2.24) is 19.9 Å². The fraction of sp³-hybridized carbons (Fsp3) is 0.412. The highest BCUT2D eigenvalue weighted by atomic mass is 16.4. The minimum atomic E-state index is -1.18. The number of nitrogens with two attached hydrogens (primary N) is 3. The predicted octanol–water partition coefficient (Wildman–Crippen LogP) is -1.79. The number of hydrogen-bond acceptors (Lipinski definition) is 9. The number of aromatic nitrogens is 4. The number of aliphatic carboxylic acids is 2. The van der Waals surface area contributed by atoms with E-state index in [4.69, 9.17) is 27.4 Å². The molecule has 0 fully saturated rings. The maximum Gasteiger partial charge on any atom is 0.320 e. The molecule has 0 bridgehead atoms. The molecule has 13 nitrogen and oxygen atoms in total. The highest BCUT2D eigenvalue weighted by Gasteiger charge is 2.22. The Bertz CT molecular complexity index is 937. The summed E-state index contributed by atoms with van der Waals surface area (Å²) >= 11 is 0. The van der Waals surface area contributed by atoms with Gasteiger partial charge in [0.1, 0.15) is 12.1 Å². The molecule has 0 aliphatic heterocycles. The number of rotatable bonds is 12. The molecule has 2 aromatic rings.